The molecule has 6 aromatic carbocycles. The molecule has 4 saturated heterocycles. The molecule has 0 bridgehead atoms. The van der Waals surface area contributed by atoms with Crippen molar-refractivity contribution in [1.82, 2.24) is 80.7 Å². The van der Waals surface area contributed by atoms with Crippen LogP contribution in [0.2, 0.25) is 0 Å². The highest BCUT2D eigenvalue weighted by molar-refractivity contribution is 6.08. The van der Waals surface area contributed by atoms with Gasteiger partial charge < -0.3 is 104 Å². The summed E-state index contributed by atoms with van der Waals surface area (Å²) in [6, 6.07) is 25.2. The van der Waals surface area contributed by atoms with E-state index in [0.29, 0.717) is 83.5 Å². The summed E-state index contributed by atoms with van der Waals surface area (Å²) in [6.45, 7) is 29.3. The molecule has 0 saturated carbocycles. The summed E-state index contributed by atoms with van der Waals surface area (Å²) in [5, 5.41) is 23.3. The molecule has 16 rings (SSSR count). The zero-order chi connectivity index (χ0) is 97.6. The number of nitrogens with zero attached hydrogens (tertiary/aromatic N) is 8. The number of H-pyrrole nitrogens is 4. The lowest BCUT2D eigenvalue weighted by Gasteiger charge is -2.30. The molecule has 0 radical (unpaired) electrons. The van der Waals surface area contributed by atoms with Crippen molar-refractivity contribution in [3.05, 3.63) is 132 Å². The summed E-state index contributed by atoms with van der Waals surface area (Å²) in [4.78, 5) is 155. The van der Waals surface area contributed by atoms with Crippen LogP contribution >= 0.6 is 0 Å². The average molecular weight is 1870 g/mol. The maximum atomic E-state index is 14.2. The van der Waals surface area contributed by atoms with Crippen LogP contribution in [-0.4, -0.2) is 231 Å². The lowest BCUT2D eigenvalue weighted by atomic mass is 9.92. The molecule has 0 aliphatic carbocycles. The first kappa shape index (κ1) is 98.9. The lowest BCUT2D eigenvalue weighted by Crippen LogP contribution is -2.51. The third-order valence-corrected chi connectivity index (χ3v) is 27.6. The van der Waals surface area contributed by atoms with Gasteiger partial charge in [-0.1, -0.05) is 131 Å². The Kier molecular flexibility index (Phi) is 30.9. The summed E-state index contributed by atoms with van der Waals surface area (Å²) in [6.07, 6.45) is 6.41. The van der Waals surface area contributed by atoms with E-state index in [2.05, 4.69) is 133 Å². The van der Waals surface area contributed by atoms with Crippen LogP contribution in [0.4, 0.5) is 24.0 Å². The predicted octanol–water partition coefficient (Wildman–Crippen LogP) is 16.8. The summed E-state index contributed by atoms with van der Waals surface area (Å²) < 4.78 is 48.6. The second kappa shape index (κ2) is 42.5. The van der Waals surface area contributed by atoms with Crippen molar-refractivity contribution in [2.24, 2.45) is 47.3 Å². The molecular weight excluding hydrogens is 1740 g/mol. The lowest BCUT2D eigenvalue weighted by molar-refractivity contribution is -0.141. The summed E-state index contributed by atoms with van der Waals surface area (Å²) >= 11 is 0. The molecule has 16 atom stereocenters. The Bertz CT molecular complexity index is 6060. The third-order valence-electron chi connectivity index (χ3n) is 27.6. The zero-order valence-corrected chi connectivity index (χ0v) is 81.2. The van der Waals surface area contributed by atoms with Crippen LogP contribution in [0.25, 0.3) is 88.4 Å². The van der Waals surface area contributed by atoms with E-state index >= 15 is 0 Å². The Labute approximate surface area is 791 Å². The van der Waals surface area contributed by atoms with E-state index in [1.54, 1.807) is 26.0 Å². The first-order chi connectivity index (χ1) is 65.1. The number of imidazole rings is 4. The number of nitrogens with one attached hydrogen (secondary N) is 8. The molecule has 0 spiro atoms. The highest BCUT2D eigenvalue weighted by Gasteiger charge is 2.47. The van der Waals surface area contributed by atoms with Crippen LogP contribution in [0, 0.1) is 47.3 Å². The number of ether oxygens (including phenoxy) is 9. The number of carbonyl (C=O) groups is 9. The highest BCUT2D eigenvalue weighted by Crippen LogP contribution is 2.48. The van der Waals surface area contributed by atoms with E-state index < -0.39 is 60.1 Å². The van der Waals surface area contributed by atoms with Gasteiger partial charge in [0.25, 0.3) is 0 Å². The standard InChI is InChI=1S/C48H60N8O8.C45H55N7O7.C8H15NO4/c1-9-26(4)40(53-47(59)62-7)45(57)55-21-25(3)15-37(55)43-49-20-36(51-43)30-11-13-32-31(17-30)24-64-39-19-33-29(18-34(32)39)12-14-35-42(33)52-44(50-35)38-16-28(23-61-6)22-56(38)46(58)41(27(5)10-2)54-48(60)63-8;1-9-25(3)38(50-43(54)57-8)42(53)51-20-24(2)14-35(51)40-46-19-34(48-40)28-10-12-30-29(16-28)23-58-37-18-31-27(17-32(30)37)11-13-33-39(31)49-41(47-33)36-15-26(22-56-7)21-52(36)44(55)59-45(4,5)6;1-4-5(2)6(7(10)11)9-8(12)13-3/h11-14,17-20,25-28,37-38,40-41H,9-10,15-16,21-24H2,1-8H3,(H,49,51)(H,50,52)(H,53,59)(H,54,60);10-13,16-19,24-26,35-36,38H,9,14-15,20-23H2,1-8H3,(H,46,48)(H,47,49)(H,50,54);5-6H,4H2,1-3H3,(H,9,12)(H,10,11)/t25-,26-,27?,28?,37?,38-,40-,41?;24-,25-,26?,35?,36-,38-;5?,6-/m000/s1. The van der Waals surface area contributed by atoms with Gasteiger partial charge in [-0.25, -0.2) is 48.7 Å². The monoisotopic (exact) mass is 1870 g/mol. The Morgan fingerprint density at radius 1 is 0.449 bits per heavy atom. The van der Waals surface area contributed by atoms with Crippen molar-refractivity contribution in [1.29, 1.82) is 0 Å². The van der Waals surface area contributed by atoms with E-state index in [4.69, 9.17) is 62.9 Å². The topological polar surface area (TPSA) is 433 Å². The number of aromatic amines is 4. The number of carboxylic acids is 1. The molecule has 136 heavy (non-hydrogen) atoms. The number of fused-ring (bicyclic) bond motifs is 12. The van der Waals surface area contributed by atoms with E-state index in [-0.39, 0.29) is 95.3 Å². The Hall–Kier alpha value is -13.1. The molecule has 4 fully saturated rings. The van der Waals surface area contributed by atoms with Crippen LogP contribution in [0.1, 0.15) is 200 Å². The van der Waals surface area contributed by atoms with Gasteiger partial charge in [0.05, 0.1) is 112 Å². The van der Waals surface area contributed by atoms with Gasteiger partial charge in [-0.05, 0) is 175 Å². The number of benzene rings is 6. The first-order valence-corrected chi connectivity index (χ1v) is 47.2. The van der Waals surface area contributed by atoms with E-state index in [1.807, 2.05) is 108 Å². The minimum atomic E-state index is -1.04. The van der Waals surface area contributed by atoms with Crippen LogP contribution in [0.15, 0.2) is 97.3 Å². The SMILES string of the molecule is CCC(C)C(NC(=O)OC)C(=O)N1CC(COC)C[C@H]1c1nc2c(ccc3cc4c(cc32)OCc2cc(-c3cnc(C5C[C@H](C)CN5C(=O)[C@@H](NC(=O)OC)[C@@H](C)CC)[nH]3)ccc2-4)[nH]1.CCC(C)[C@H](NC(=O)OC)C(=O)O.CC[C@H](C)[C@H](NC(=O)OC)C(=O)N1C[C@@H](C)CC1c1ncc(-c2ccc3c(c2)COc2cc4c(ccc5[nH]c([C@@H]6CC(COC)CN6C(=O)OC(C)(C)C)nc54)cc2-3)[nH]1. The molecular formula is C101H130N16O19. The summed E-state index contributed by atoms with van der Waals surface area (Å²) in [5.74, 6) is 3.32. The first-order valence-electron chi connectivity index (χ1n) is 47.2. The highest BCUT2D eigenvalue weighted by atomic mass is 16.6. The van der Waals surface area contributed by atoms with Crippen LogP contribution < -0.4 is 30.7 Å². The van der Waals surface area contributed by atoms with Gasteiger partial charge in [-0.15, -0.1) is 0 Å². The smallest absolute Gasteiger partial charge is 0.410 e. The average Bonchev–Trinajstić information content (AvgIpc) is 1.45. The van der Waals surface area contributed by atoms with Crippen LogP contribution in [0.3, 0.4) is 0 Å². The quantitative estimate of drug-likeness (QED) is 0.0227. The molecule has 35 heteroatoms. The van der Waals surface area contributed by atoms with Gasteiger partial charge >= 0.3 is 36.4 Å². The molecule has 9 N–H and O–H groups in total. The van der Waals surface area contributed by atoms with Crippen molar-refractivity contribution in [3.8, 4) is 56.3 Å². The van der Waals surface area contributed by atoms with E-state index in [9.17, 15) is 43.2 Å². The number of carbonyl (C=O) groups excluding carboxylic acids is 8. The van der Waals surface area contributed by atoms with Crippen molar-refractivity contribution < 1.29 is 90.9 Å². The van der Waals surface area contributed by atoms with Gasteiger partial charge in [-0.2, -0.15) is 0 Å². The van der Waals surface area contributed by atoms with Gasteiger partial charge in [0, 0.05) is 74.1 Å². The number of hydrogen-bond acceptors (Lipinski definition) is 22. The minimum Gasteiger partial charge on any atom is -0.488 e. The molecule has 6 aliphatic rings. The third kappa shape index (κ3) is 21.3. The molecule has 6 aliphatic heterocycles. The molecule has 35 nitrogen and oxygen atoms in total. The molecule has 7 unspecified atom stereocenters. The van der Waals surface area contributed by atoms with Crippen molar-refractivity contribution in [2.75, 3.05) is 82.1 Å². The molecule has 728 valence electrons. The minimum absolute atomic E-state index is 0.0690. The van der Waals surface area contributed by atoms with Crippen molar-refractivity contribution in [3.63, 3.8) is 0 Å². The van der Waals surface area contributed by atoms with Gasteiger partial charge in [0.2, 0.25) is 17.7 Å². The molecule has 10 heterocycles. The Balaban J connectivity index is 0.000000193. The number of rotatable bonds is 26. The molecule has 10 aromatic rings. The summed E-state index contributed by atoms with van der Waals surface area (Å²) in [5.41, 5.74) is 12.6. The van der Waals surface area contributed by atoms with Gasteiger partial charge in [0.15, 0.2) is 0 Å². The number of alkyl carbamates (subject to hydrolysis) is 4. The van der Waals surface area contributed by atoms with Crippen LogP contribution in [-0.2, 0) is 65.5 Å². The fraction of sp³-hybridized carbons (Fsp3) is 0.515. The Morgan fingerprint density at radius 2 is 0.809 bits per heavy atom. The number of carboxylic acid groups (broad SMARTS) is 1. The Morgan fingerprint density at radius 3 is 1.18 bits per heavy atom. The second-order valence-electron chi connectivity index (χ2n) is 38.3. The molecule has 8 amide bonds. The normalized spacial score (nSPS) is 20.5. The largest absolute Gasteiger partial charge is 0.488 e. The fourth-order valence-corrected chi connectivity index (χ4v) is 19.5. The maximum Gasteiger partial charge on any atom is 0.410 e. The zero-order valence-electron chi connectivity index (χ0n) is 81.2. The number of methoxy groups -OCH3 is 6. The van der Waals surface area contributed by atoms with Crippen molar-refractivity contribution >= 4 is 97.8 Å². The number of aromatic nitrogens is 8. The summed E-state index contributed by atoms with van der Waals surface area (Å²) in [7, 11) is 8.45. The van der Waals surface area contributed by atoms with Crippen molar-refractivity contribution in [2.45, 2.75) is 209 Å². The van der Waals surface area contributed by atoms with Gasteiger partial charge in [0.1, 0.15) is 77.8 Å². The molecule has 4 aromatic heterocycles. The van der Waals surface area contributed by atoms with Crippen LogP contribution in [0.5, 0.6) is 11.5 Å². The van der Waals surface area contributed by atoms with E-state index in [0.717, 1.165) is 155 Å². The fourth-order valence-electron chi connectivity index (χ4n) is 19.5. The predicted molar refractivity (Wildman–Crippen MR) is 511 cm³/mol. The number of aliphatic carboxylic acids is 1. The second-order valence-corrected chi connectivity index (χ2v) is 38.3. The van der Waals surface area contributed by atoms with E-state index in [1.165, 1.54) is 28.4 Å². The number of likely N-dealkylation sites (tertiary alicyclic amines) is 4. The number of amides is 8. The van der Waals surface area contributed by atoms with Gasteiger partial charge in [-0.3, -0.25) is 19.3 Å². The maximum absolute atomic E-state index is 14.2. The number of hydrogen-bond donors (Lipinski definition) is 9.